The van der Waals surface area contributed by atoms with E-state index in [0.717, 1.165) is 0 Å². The molecule has 2 aromatic rings. The number of rotatable bonds is 4. The third-order valence-electron chi connectivity index (χ3n) is 2.15. The molecule has 0 aliphatic heterocycles. The Hall–Kier alpha value is -1.89. The van der Waals surface area contributed by atoms with E-state index in [2.05, 4.69) is 15.4 Å². The molecule has 17 heavy (non-hydrogen) atoms. The molecule has 0 unspecified atom stereocenters. The van der Waals surface area contributed by atoms with Gasteiger partial charge < -0.3 is 10.4 Å². The number of hydrogen-bond donors (Lipinski definition) is 2. The Morgan fingerprint density at radius 1 is 1.59 bits per heavy atom. The molecule has 7 heteroatoms. The summed E-state index contributed by atoms with van der Waals surface area (Å²) < 4.78 is 1.80. The van der Waals surface area contributed by atoms with Crippen molar-refractivity contribution in [3.05, 3.63) is 23.5 Å². The van der Waals surface area contributed by atoms with Gasteiger partial charge in [-0.2, -0.15) is 5.10 Å². The van der Waals surface area contributed by atoms with Crippen LogP contribution in [-0.2, 0) is 0 Å². The highest BCUT2D eigenvalue weighted by Gasteiger charge is 2.14. The molecule has 2 rings (SSSR count). The topological polar surface area (TPSA) is 80.0 Å². The van der Waals surface area contributed by atoms with E-state index in [9.17, 15) is 4.79 Å². The summed E-state index contributed by atoms with van der Waals surface area (Å²) in [4.78, 5) is 14.6. The fourth-order valence-electron chi connectivity index (χ4n) is 1.30. The lowest BCUT2D eigenvalue weighted by molar-refractivity contribution is 0.0692. The van der Waals surface area contributed by atoms with Crippen molar-refractivity contribution in [1.82, 2.24) is 14.8 Å². The number of carboxylic acids is 1. The van der Waals surface area contributed by atoms with Gasteiger partial charge in [-0.05, 0) is 13.8 Å². The summed E-state index contributed by atoms with van der Waals surface area (Å²) >= 11 is 1.24. The van der Waals surface area contributed by atoms with Crippen molar-refractivity contribution in [3.63, 3.8) is 0 Å². The summed E-state index contributed by atoms with van der Waals surface area (Å²) in [5.41, 5.74) is 1.51. The first-order valence-corrected chi connectivity index (χ1v) is 5.95. The van der Waals surface area contributed by atoms with E-state index in [1.54, 1.807) is 10.7 Å². The second-order valence-electron chi connectivity index (χ2n) is 3.73. The number of nitrogens with one attached hydrogen (secondary N) is 1. The maximum Gasteiger partial charge on any atom is 0.357 e. The molecule has 0 aromatic carbocycles. The van der Waals surface area contributed by atoms with Gasteiger partial charge in [-0.3, -0.25) is 4.68 Å². The van der Waals surface area contributed by atoms with Crippen molar-refractivity contribution >= 4 is 28.1 Å². The highest BCUT2D eigenvalue weighted by atomic mass is 32.1. The Morgan fingerprint density at radius 2 is 2.35 bits per heavy atom. The van der Waals surface area contributed by atoms with Gasteiger partial charge in [0.25, 0.3) is 0 Å². The molecule has 2 N–H and O–H groups in total. The summed E-state index contributed by atoms with van der Waals surface area (Å²) in [6.07, 6.45) is 1.84. The lowest BCUT2D eigenvalue weighted by Gasteiger charge is -2.04. The predicted octanol–water partition coefficient (Wildman–Crippen LogP) is 2.36. The normalized spacial score (nSPS) is 10.8. The highest BCUT2D eigenvalue weighted by molar-refractivity contribution is 7.14. The van der Waals surface area contributed by atoms with Crippen molar-refractivity contribution in [3.8, 4) is 0 Å². The van der Waals surface area contributed by atoms with Crippen LogP contribution in [0, 0.1) is 0 Å². The number of carbonyl (C=O) groups is 1. The van der Waals surface area contributed by atoms with E-state index >= 15 is 0 Å². The van der Waals surface area contributed by atoms with Crippen LogP contribution in [0.3, 0.4) is 0 Å². The number of carboxylic acid groups (broad SMARTS) is 1. The Kier molecular flexibility index (Phi) is 3.10. The number of aromatic carboxylic acids is 1. The van der Waals surface area contributed by atoms with E-state index in [0.29, 0.717) is 10.8 Å². The van der Waals surface area contributed by atoms with Crippen molar-refractivity contribution < 1.29 is 9.90 Å². The molecule has 0 saturated heterocycles. The van der Waals surface area contributed by atoms with Crippen molar-refractivity contribution in [2.75, 3.05) is 5.32 Å². The molecule has 90 valence electrons. The molecular weight excluding hydrogens is 240 g/mol. The predicted molar refractivity (Wildman–Crippen MR) is 65.0 cm³/mol. The fraction of sp³-hybridized carbons (Fsp3) is 0.300. The van der Waals surface area contributed by atoms with Crippen LogP contribution in [0.1, 0.15) is 30.4 Å². The SMILES string of the molecule is CC(C)n1ccc(Nc2scnc2C(=O)O)n1. The fourth-order valence-corrected chi connectivity index (χ4v) is 1.97. The minimum absolute atomic E-state index is 0.0223. The van der Waals surface area contributed by atoms with Crippen LogP contribution < -0.4 is 5.32 Å². The molecule has 0 saturated carbocycles. The summed E-state index contributed by atoms with van der Waals surface area (Å²) in [5.74, 6) is -0.428. The van der Waals surface area contributed by atoms with Crippen LogP contribution in [-0.4, -0.2) is 25.8 Å². The largest absolute Gasteiger partial charge is 0.476 e. The molecule has 0 bridgehead atoms. The van der Waals surface area contributed by atoms with E-state index < -0.39 is 5.97 Å². The zero-order valence-corrected chi connectivity index (χ0v) is 10.2. The van der Waals surface area contributed by atoms with Crippen molar-refractivity contribution in [2.24, 2.45) is 0 Å². The summed E-state index contributed by atoms with van der Waals surface area (Å²) in [6.45, 7) is 4.04. The van der Waals surface area contributed by atoms with Gasteiger partial charge >= 0.3 is 5.97 Å². The summed E-state index contributed by atoms with van der Waals surface area (Å²) in [7, 11) is 0. The van der Waals surface area contributed by atoms with Crippen LogP contribution >= 0.6 is 11.3 Å². The minimum Gasteiger partial charge on any atom is -0.476 e. The van der Waals surface area contributed by atoms with Crippen LogP contribution in [0.25, 0.3) is 0 Å². The van der Waals surface area contributed by atoms with Gasteiger partial charge in [0.15, 0.2) is 11.5 Å². The Bertz CT molecular complexity index is 532. The second kappa shape index (κ2) is 4.54. The lowest BCUT2D eigenvalue weighted by atomic mass is 10.4. The molecule has 0 aliphatic rings. The number of aromatic nitrogens is 3. The highest BCUT2D eigenvalue weighted by Crippen LogP contribution is 2.24. The van der Waals surface area contributed by atoms with Crippen LogP contribution in [0.5, 0.6) is 0 Å². The second-order valence-corrected chi connectivity index (χ2v) is 4.59. The standard InChI is InChI=1S/C10H12N4O2S/c1-6(2)14-4-3-7(13-14)12-9-8(10(15)16)11-5-17-9/h3-6H,1-2H3,(H,12,13)(H,15,16). The van der Waals surface area contributed by atoms with Gasteiger partial charge in [-0.1, -0.05) is 0 Å². The molecule has 6 nitrogen and oxygen atoms in total. The van der Waals surface area contributed by atoms with Gasteiger partial charge in [0.1, 0.15) is 5.00 Å². The van der Waals surface area contributed by atoms with Gasteiger partial charge in [0.2, 0.25) is 0 Å². The van der Waals surface area contributed by atoms with E-state index in [1.807, 2.05) is 20.0 Å². The monoisotopic (exact) mass is 252 g/mol. The van der Waals surface area contributed by atoms with Crippen LogP contribution in [0.4, 0.5) is 10.8 Å². The van der Waals surface area contributed by atoms with Crippen molar-refractivity contribution in [2.45, 2.75) is 19.9 Å². The number of hydrogen-bond acceptors (Lipinski definition) is 5. The van der Waals surface area contributed by atoms with Gasteiger partial charge in [-0.15, -0.1) is 11.3 Å². The van der Waals surface area contributed by atoms with Gasteiger partial charge in [0, 0.05) is 18.3 Å². The number of thiazole rings is 1. The first kappa shape index (κ1) is 11.6. The Labute approximate surface area is 102 Å². The van der Waals surface area contributed by atoms with Gasteiger partial charge in [-0.25, -0.2) is 9.78 Å². The Balaban J connectivity index is 2.19. The molecule has 0 amide bonds. The molecule has 0 aliphatic carbocycles. The zero-order chi connectivity index (χ0) is 12.4. The molecule has 2 heterocycles. The molecule has 0 fully saturated rings. The molecular formula is C10H12N4O2S. The zero-order valence-electron chi connectivity index (χ0n) is 9.41. The average Bonchev–Trinajstić information content (AvgIpc) is 2.86. The van der Waals surface area contributed by atoms with Crippen LogP contribution in [0.15, 0.2) is 17.8 Å². The maximum absolute atomic E-state index is 10.9. The third-order valence-corrected chi connectivity index (χ3v) is 2.89. The van der Waals surface area contributed by atoms with Crippen LogP contribution in [0.2, 0.25) is 0 Å². The van der Waals surface area contributed by atoms with E-state index in [4.69, 9.17) is 5.11 Å². The summed E-state index contributed by atoms with van der Waals surface area (Å²) in [5, 5.41) is 16.6. The molecule has 0 atom stereocenters. The maximum atomic E-state index is 10.9. The van der Waals surface area contributed by atoms with E-state index in [1.165, 1.54) is 16.8 Å². The first-order chi connectivity index (χ1) is 8.08. The number of nitrogens with zero attached hydrogens (tertiary/aromatic N) is 3. The smallest absolute Gasteiger partial charge is 0.357 e. The number of anilines is 2. The average molecular weight is 252 g/mol. The molecule has 2 aromatic heterocycles. The lowest BCUT2D eigenvalue weighted by Crippen LogP contribution is -2.03. The van der Waals surface area contributed by atoms with Gasteiger partial charge in [0.05, 0.1) is 5.51 Å². The first-order valence-electron chi connectivity index (χ1n) is 5.07. The molecule has 0 spiro atoms. The third kappa shape index (κ3) is 2.44. The molecule has 0 radical (unpaired) electrons. The quantitative estimate of drug-likeness (QED) is 0.873. The van der Waals surface area contributed by atoms with E-state index in [-0.39, 0.29) is 11.7 Å². The summed E-state index contributed by atoms with van der Waals surface area (Å²) in [6, 6.07) is 2.07. The Morgan fingerprint density at radius 3 is 2.94 bits per heavy atom. The van der Waals surface area contributed by atoms with Crippen molar-refractivity contribution in [1.29, 1.82) is 0 Å². The minimum atomic E-state index is -1.04.